The summed E-state index contributed by atoms with van der Waals surface area (Å²) in [5.74, 6) is -0.0251. The molecule has 0 bridgehead atoms. The molecule has 0 spiro atoms. The van der Waals surface area contributed by atoms with Crippen LogP contribution in [0.25, 0.3) is 0 Å². The molecule has 0 heterocycles. The summed E-state index contributed by atoms with van der Waals surface area (Å²) in [4.78, 5) is 0. The number of nitrogens with one attached hydrogen (secondary N) is 1. The van der Waals surface area contributed by atoms with Crippen molar-refractivity contribution in [3.8, 4) is 0 Å². The van der Waals surface area contributed by atoms with Gasteiger partial charge in [0.25, 0.3) is 0 Å². The average Bonchev–Trinajstić information content (AvgIpc) is 2.30. The molecule has 87 valence electrons. The molecule has 0 fully saturated rings. The highest BCUT2D eigenvalue weighted by molar-refractivity contribution is 7.91. The molecule has 17 heavy (non-hydrogen) atoms. The van der Waals surface area contributed by atoms with Gasteiger partial charge in [-0.05, 0) is 23.8 Å². The van der Waals surface area contributed by atoms with E-state index in [-0.39, 0.29) is 5.75 Å². The first-order chi connectivity index (χ1) is 8.16. The Morgan fingerprint density at radius 2 is 1.82 bits per heavy atom. The fourth-order valence-corrected chi connectivity index (χ4v) is 2.66. The minimum atomic E-state index is -3.36. The zero-order valence-corrected chi connectivity index (χ0v) is 9.94. The summed E-state index contributed by atoms with van der Waals surface area (Å²) in [5.41, 5.74) is 1.29. The zero-order chi connectivity index (χ0) is 12.1. The van der Waals surface area contributed by atoms with Crippen LogP contribution in [-0.4, -0.2) is 8.42 Å². The SMILES string of the molecule is O=S(=O)(Cc1ccccc1)Nc1c[c]ccc1. The van der Waals surface area contributed by atoms with E-state index in [9.17, 15) is 8.42 Å². The van der Waals surface area contributed by atoms with Gasteiger partial charge in [0.1, 0.15) is 0 Å². The fraction of sp³-hybridized carbons (Fsp3) is 0.0769. The highest BCUT2D eigenvalue weighted by Gasteiger charge is 2.10. The van der Waals surface area contributed by atoms with Gasteiger partial charge in [0.05, 0.1) is 5.75 Å². The van der Waals surface area contributed by atoms with Crippen molar-refractivity contribution in [1.29, 1.82) is 0 Å². The van der Waals surface area contributed by atoms with Gasteiger partial charge in [0.15, 0.2) is 0 Å². The molecule has 2 aromatic carbocycles. The van der Waals surface area contributed by atoms with E-state index in [0.717, 1.165) is 5.56 Å². The fourth-order valence-electron chi connectivity index (χ4n) is 1.47. The summed E-state index contributed by atoms with van der Waals surface area (Å²) in [6, 6.07) is 18.6. The molecular weight excluding hydrogens is 234 g/mol. The van der Waals surface area contributed by atoms with Gasteiger partial charge in [-0.1, -0.05) is 42.5 Å². The van der Waals surface area contributed by atoms with E-state index < -0.39 is 10.0 Å². The van der Waals surface area contributed by atoms with Gasteiger partial charge in [-0.2, -0.15) is 0 Å². The second-order valence-corrected chi connectivity index (χ2v) is 5.36. The maximum absolute atomic E-state index is 11.8. The predicted octanol–water partition coefficient (Wildman–Crippen LogP) is 2.43. The second-order valence-electron chi connectivity index (χ2n) is 3.64. The molecule has 0 saturated carbocycles. The predicted molar refractivity (Wildman–Crippen MR) is 68.0 cm³/mol. The van der Waals surface area contributed by atoms with E-state index in [1.54, 1.807) is 36.4 Å². The van der Waals surface area contributed by atoms with E-state index >= 15 is 0 Å². The highest BCUT2D eigenvalue weighted by Crippen LogP contribution is 2.11. The zero-order valence-electron chi connectivity index (χ0n) is 9.13. The van der Waals surface area contributed by atoms with Gasteiger partial charge in [-0.3, -0.25) is 4.72 Å². The van der Waals surface area contributed by atoms with Crippen LogP contribution in [-0.2, 0) is 15.8 Å². The molecule has 0 unspecified atom stereocenters. The van der Waals surface area contributed by atoms with Gasteiger partial charge in [-0.25, -0.2) is 8.42 Å². The summed E-state index contributed by atoms with van der Waals surface area (Å²) < 4.78 is 26.2. The largest absolute Gasteiger partial charge is 0.283 e. The van der Waals surface area contributed by atoms with Crippen molar-refractivity contribution in [1.82, 2.24) is 0 Å². The maximum atomic E-state index is 11.8. The Bertz CT molecular complexity index is 517. The highest BCUT2D eigenvalue weighted by atomic mass is 32.2. The van der Waals surface area contributed by atoms with E-state index in [1.807, 2.05) is 18.2 Å². The maximum Gasteiger partial charge on any atom is 0.236 e. The third-order valence-corrected chi connectivity index (χ3v) is 3.44. The van der Waals surface area contributed by atoms with E-state index in [2.05, 4.69) is 10.8 Å². The first kappa shape index (κ1) is 11.7. The lowest BCUT2D eigenvalue weighted by molar-refractivity contribution is 0.600. The summed E-state index contributed by atoms with van der Waals surface area (Å²) in [6.07, 6.45) is 0. The van der Waals surface area contributed by atoms with Gasteiger partial charge >= 0.3 is 0 Å². The van der Waals surface area contributed by atoms with Crippen LogP contribution in [0.1, 0.15) is 5.56 Å². The van der Waals surface area contributed by atoms with Crippen molar-refractivity contribution in [3.63, 3.8) is 0 Å². The van der Waals surface area contributed by atoms with Gasteiger partial charge in [0.2, 0.25) is 10.0 Å². The molecule has 2 aromatic rings. The Labute approximate surface area is 101 Å². The minimum absolute atomic E-state index is 0.0251. The Morgan fingerprint density at radius 1 is 1.06 bits per heavy atom. The topological polar surface area (TPSA) is 46.2 Å². The Hall–Kier alpha value is -1.81. The van der Waals surface area contributed by atoms with Crippen molar-refractivity contribution in [2.75, 3.05) is 4.72 Å². The van der Waals surface area contributed by atoms with Crippen LogP contribution in [0.2, 0.25) is 0 Å². The van der Waals surface area contributed by atoms with Crippen LogP contribution in [0, 0.1) is 6.07 Å². The smallest absolute Gasteiger partial charge is 0.236 e. The second kappa shape index (κ2) is 5.01. The van der Waals surface area contributed by atoms with E-state index in [4.69, 9.17) is 0 Å². The van der Waals surface area contributed by atoms with E-state index in [1.165, 1.54) is 0 Å². The quantitative estimate of drug-likeness (QED) is 0.900. The molecule has 2 rings (SSSR count). The number of anilines is 1. The van der Waals surface area contributed by atoms with Crippen molar-refractivity contribution in [3.05, 3.63) is 66.2 Å². The third kappa shape index (κ3) is 3.60. The third-order valence-electron chi connectivity index (χ3n) is 2.18. The molecule has 4 heteroatoms. The van der Waals surface area contributed by atoms with Gasteiger partial charge < -0.3 is 0 Å². The van der Waals surface area contributed by atoms with Crippen molar-refractivity contribution < 1.29 is 8.42 Å². The monoisotopic (exact) mass is 246 g/mol. The minimum Gasteiger partial charge on any atom is -0.283 e. The van der Waals surface area contributed by atoms with Crippen LogP contribution >= 0.6 is 0 Å². The van der Waals surface area contributed by atoms with Crippen molar-refractivity contribution in [2.24, 2.45) is 0 Å². The van der Waals surface area contributed by atoms with Crippen molar-refractivity contribution >= 4 is 15.7 Å². The number of rotatable bonds is 4. The molecule has 1 N–H and O–H groups in total. The Kier molecular flexibility index (Phi) is 3.44. The summed E-state index contributed by atoms with van der Waals surface area (Å²) in [7, 11) is -3.36. The Morgan fingerprint density at radius 3 is 2.47 bits per heavy atom. The van der Waals surface area contributed by atoms with Gasteiger partial charge in [-0.15, -0.1) is 0 Å². The Balaban J connectivity index is 2.11. The first-order valence-electron chi connectivity index (χ1n) is 5.16. The lowest BCUT2D eigenvalue weighted by atomic mass is 10.2. The standard InChI is InChI=1S/C13H12NO2S/c15-17(16,11-12-7-3-1-4-8-12)14-13-9-5-2-6-10-13/h1-5,7-10,14H,11H2. The molecule has 3 nitrogen and oxygen atoms in total. The molecule has 1 radical (unpaired) electrons. The summed E-state index contributed by atoms with van der Waals surface area (Å²) >= 11 is 0. The summed E-state index contributed by atoms with van der Waals surface area (Å²) in [6.45, 7) is 0. The summed E-state index contributed by atoms with van der Waals surface area (Å²) in [5, 5.41) is 0. The molecule has 0 aromatic heterocycles. The van der Waals surface area contributed by atoms with Crippen LogP contribution in [0.15, 0.2) is 54.6 Å². The molecule has 0 aliphatic rings. The lowest BCUT2D eigenvalue weighted by Crippen LogP contribution is -2.14. The van der Waals surface area contributed by atoms with Crippen LogP contribution in [0.3, 0.4) is 0 Å². The number of hydrogen-bond acceptors (Lipinski definition) is 2. The van der Waals surface area contributed by atoms with Crippen molar-refractivity contribution in [2.45, 2.75) is 5.75 Å². The normalized spacial score (nSPS) is 11.1. The number of hydrogen-bond donors (Lipinski definition) is 1. The molecule has 0 atom stereocenters. The number of sulfonamides is 1. The molecule has 0 aliphatic carbocycles. The lowest BCUT2D eigenvalue weighted by Gasteiger charge is -2.07. The number of benzene rings is 2. The molecular formula is C13H12NO2S. The van der Waals surface area contributed by atoms with Gasteiger partial charge in [0, 0.05) is 5.69 Å². The van der Waals surface area contributed by atoms with Crippen LogP contribution in [0.5, 0.6) is 0 Å². The average molecular weight is 246 g/mol. The molecule has 0 saturated heterocycles. The van der Waals surface area contributed by atoms with E-state index in [0.29, 0.717) is 5.69 Å². The van der Waals surface area contributed by atoms with Crippen LogP contribution < -0.4 is 4.72 Å². The molecule has 0 amide bonds. The molecule has 0 aliphatic heterocycles. The van der Waals surface area contributed by atoms with Crippen LogP contribution in [0.4, 0.5) is 5.69 Å². The first-order valence-corrected chi connectivity index (χ1v) is 6.81.